The van der Waals surface area contributed by atoms with Gasteiger partial charge in [0, 0.05) is 37.2 Å². The molecule has 2 N–H and O–H groups in total. The number of carbonyl (C=O) groups excluding carboxylic acids is 1. The van der Waals surface area contributed by atoms with Crippen LogP contribution < -0.4 is 4.89 Å². The van der Waals surface area contributed by atoms with Crippen molar-refractivity contribution in [3.63, 3.8) is 0 Å². The molecule has 8 nitrogen and oxygen atoms in total. The zero-order valence-corrected chi connectivity index (χ0v) is 18.8. The first-order valence-corrected chi connectivity index (χ1v) is 10.7. The van der Waals surface area contributed by atoms with Gasteiger partial charge in [-0.25, -0.2) is 15.0 Å². The van der Waals surface area contributed by atoms with Crippen LogP contribution in [0.2, 0.25) is 0 Å². The molecule has 170 valence electrons. The number of hydrogen-bond donors (Lipinski definition) is 2. The Bertz CT molecular complexity index is 1130. The minimum absolute atomic E-state index is 0.0332. The lowest BCUT2D eigenvalue weighted by Gasteiger charge is -2.36. The van der Waals surface area contributed by atoms with Crippen LogP contribution in [0.4, 0.5) is 0 Å². The first-order valence-electron chi connectivity index (χ1n) is 10.7. The van der Waals surface area contributed by atoms with Crippen LogP contribution in [0.25, 0.3) is 16.6 Å². The van der Waals surface area contributed by atoms with E-state index < -0.39 is 11.6 Å². The third-order valence-electron chi connectivity index (χ3n) is 6.53. The smallest absolute Gasteiger partial charge is 0.343 e. The van der Waals surface area contributed by atoms with Crippen LogP contribution >= 0.6 is 0 Å². The minimum Gasteiger partial charge on any atom is -0.459 e. The normalized spacial score (nSPS) is 22.0. The summed E-state index contributed by atoms with van der Waals surface area (Å²) in [6.45, 7) is 4.39. The van der Waals surface area contributed by atoms with Gasteiger partial charge in [0.25, 0.3) is 0 Å². The van der Waals surface area contributed by atoms with E-state index in [0.29, 0.717) is 29.9 Å². The summed E-state index contributed by atoms with van der Waals surface area (Å²) in [5.74, 6) is -0.0907. The predicted octanol–water partition coefficient (Wildman–Crippen LogP) is 3.08. The van der Waals surface area contributed by atoms with E-state index in [1.165, 1.54) is 7.11 Å². The van der Waals surface area contributed by atoms with E-state index in [1.54, 1.807) is 12.1 Å². The van der Waals surface area contributed by atoms with Gasteiger partial charge < -0.3 is 24.4 Å². The Kier molecular flexibility index (Phi) is 5.94. The maximum atomic E-state index is 12.7. The van der Waals surface area contributed by atoms with E-state index in [4.69, 9.17) is 19.7 Å². The maximum absolute atomic E-state index is 12.7. The van der Waals surface area contributed by atoms with E-state index in [0.717, 1.165) is 39.8 Å². The van der Waals surface area contributed by atoms with Crippen molar-refractivity contribution in [3.05, 3.63) is 52.2 Å². The van der Waals surface area contributed by atoms with Gasteiger partial charge in [0.1, 0.15) is 6.61 Å². The molecule has 0 spiro atoms. The standard InChI is InChI=1S/C24H28N2O6/c1-5-16-17-9-15(32-29)7-8-20(17)25-22-18(16)11-26(3)21(22)10-19-14(12-27)13-31-23(28)24(19,6-2)30-4/h7-10,27,29H,5-6,11-13H2,1-4H3/b21-10-/t24-/m0/s1. The Hall–Kier alpha value is -2.94. The van der Waals surface area contributed by atoms with Gasteiger partial charge in [-0.1, -0.05) is 13.8 Å². The number of benzene rings is 1. The second kappa shape index (κ2) is 8.54. The second-order valence-corrected chi connectivity index (χ2v) is 8.06. The van der Waals surface area contributed by atoms with Crippen LogP contribution in [0.5, 0.6) is 5.75 Å². The molecule has 1 aromatic carbocycles. The van der Waals surface area contributed by atoms with Crippen molar-refractivity contribution in [2.75, 3.05) is 27.4 Å². The quantitative estimate of drug-likeness (QED) is 0.402. The number of rotatable bonds is 6. The van der Waals surface area contributed by atoms with Gasteiger partial charge in [-0.05, 0) is 48.3 Å². The summed E-state index contributed by atoms with van der Waals surface area (Å²) in [6.07, 6.45) is 3.07. The van der Waals surface area contributed by atoms with Gasteiger partial charge in [0.15, 0.2) is 11.4 Å². The summed E-state index contributed by atoms with van der Waals surface area (Å²) in [7, 11) is 3.46. The monoisotopic (exact) mass is 440 g/mol. The number of aromatic nitrogens is 1. The fraction of sp³-hybridized carbons (Fsp3) is 0.417. The summed E-state index contributed by atoms with van der Waals surface area (Å²) in [4.78, 5) is 24.2. The Morgan fingerprint density at radius 3 is 2.75 bits per heavy atom. The van der Waals surface area contributed by atoms with Crippen LogP contribution in [0.3, 0.4) is 0 Å². The number of methoxy groups -OCH3 is 1. The van der Waals surface area contributed by atoms with Gasteiger partial charge in [-0.3, -0.25) is 0 Å². The van der Waals surface area contributed by atoms with Crippen LogP contribution in [0.1, 0.15) is 37.1 Å². The molecule has 1 aromatic heterocycles. The molecule has 0 amide bonds. The molecule has 0 saturated heterocycles. The van der Waals surface area contributed by atoms with Crippen molar-refractivity contribution >= 4 is 22.6 Å². The molecule has 8 heteroatoms. The first kappa shape index (κ1) is 22.3. The number of nitrogens with zero attached hydrogens (tertiary/aromatic N) is 2. The second-order valence-electron chi connectivity index (χ2n) is 8.06. The number of carbonyl (C=O) groups is 1. The van der Waals surface area contributed by atoms with Crippen molar-refractivity contribution < 1.29 is 29.5 Å². The Balaban J connectivity index is 1.96. The molecule has 2 aromatic rings. The van der Waals surface area contributed by atoms with Gasteiger partial charge in [0.05, 0.1) is 23.5 Å². The van der Waals surface area contributed by atoms with Crippen LogP contribution in [-0.4, -0.2) is 59.2 Å². The molecule has 0 radical (unpaired) electrons. The lowest BCUT2D eigenvalue weighted by molar-refractivity contribution is -0.166. The molecule has 0 saturated carbocycles. The molecule has 2 aliphatic rings. The van der Waals surface area contributed by atoms with E-state index in [2.05, 4.69) is 16.7 Å². The van der Waals surface area contributed by atoms with Gasteiger partial charge in [0.2, 0.25) is 0 Å². The minimum atomic E-state index is -1.27. The number of hydrogen-bond acceptors (Lipinski definition) is 8. The summed E-state index contributed by atoms with van der Waals surface area (Å²) in [5.41, 5.74) is 4.66. The summed E-state index contributed by atoms with van der Waals surface area (Å²) >= 11 is 0. The first-order chi connectivity index (χ1) is 15.4. The fourth-order valence-corrected chi connectivity index (χ4v) is 4.77. The molecule has 0 aliphatic carbocycles. The molecule has 0 fully saturated rings. The molecule has 4 rings (SSSR count). The Labute approximate surface area is 186 Å². The number of aliphatic hydroxyl groups excluding tert-OH is 1. The number of ether oxygens (including phenoxy) is 2. The number of aryl methyl sites for hydroxylation is 1. The zero-order valence-electron chi connectivity index (χ0n) is 18.8. The van der Waals surface area contributed by atoms with Crippen molar-refractivity contribution in [1.82, 2.24) is 9.88 Å². The summed E-state index contributed by atoms with van der Waals surface area (Å²) in [5, 5.41) is 20.0. The average molecular weight is 440 g/mol. The summed E-state index contributed by atoms with van der Waals surface area (Å²) in [6, 6.07) is 5.28. The number of aliphatic hydroxyl groups is 1. The van der Waals surface area contributed by atoms with Crippen molar-refractivity contribution in [1.29, 1.82) is 0 Å². The van der Waals surface area contributed by atoms with Crippen LogP contribution in [0, 0.1) is 0 Å². The third-order valence-corrected chi connectivity index (χ3v) is 6.53. The summed E-state index contributed by atoms with van der Waals surface area (Å²) < 4.78 is 11.0. The third kappa shape index (κ3) is 3.26. The fourth-order valence-electron chi connectivity index (χ4n) is 4.77. The van der Waals surface area contributed by atoms with E-state index >= 15 is 0 Å². The molecule has 2 aliphatic heterocycles. The molecule has 0 bridgehead atoms. The number of fused-ring (bicyclic) bond motifs is 2. The molecule has 3 heterocycles. The Morgan fingerprint density at radius 1 is 1.34 bits per heavy atom. The van der Waals surface area contributed by atoms with E-state index in [9.17, 15) is 9.90 Å². The highest BCUT2D eigenvalue weighted by Gasteiger charge is 2.46. The zero-order chi connectivity index (χ0) is 23.0. The highest BCUT2D eigenvalue weighted by Crippen LogP contribution is 2.41. The van der Waals surface area contributed by atoms with Gasteiger partial charge >= 0.3 is 5.97 Å². The van der Waals surface area contributed by atoms with Gasteiger partial charge in [-0.2, -0.15) is 0 Å². The maximum Gasteiger partial charge on any atom is 0.343 e. The van der Waals surface area contributed by atoms with Crippen molar-refractivity contribution in [2.24, 2.45) is 0 Å². The average Bonchev–Trinajstić information content (AvgIpc) is 3.12. The Morgan fingerprint density at radius 2 is 2.12 bits per heavy atom. The molecule has 0 unspecified atom stereocenters. The van der Waals surface area contributed by atoms with Crippen molar-refractivity contribution in [2.45, 2.75) is 38.8 Å². The molecular weight excluding hydrogens is 412 g/mol. The van der Waals surface area contributed by atoms with Crippen LogP contribution in [0.15, 0.2) is 35.4 Å². The largest absolute Gasteiger partial charge is 0.459 e. The molecular formula is C24H28N2O6. The highest BCUT2D eigenvalue weighted by molar-refractivity contribution is 5.91. The number of esters is 1. The van der Waals surface area contributed by atoms with Crippen molar-refractivity contribution in [3.8, 4) is 5.75 Å². The van der Waals surface area contributed by atoms with Gasteiger partial charge in [-0.15, -0.1) is 0 Å². The topological polar surface area (TPSA) is 101 Å². The van der Waals surface area contributed by atoms with E-state index in [1.807, 2.05) is 26.1 Å². The lowest BCUT2D eigenvalue weighted by Crippen LogP contribution is -2.47. The van der Waals surface area contributed by atoms with E-state index in [-0.39, 0.29) is 13.2 Å². The highest BCUT2D eigenvalue weighted by atomic mass is 17.1. The molecule has 1 atom stereocenters. The SMILES string of the molecule is CCc1c2c(nc3ccc(OO)cc13)/C(=C/C1=C(CO)COC(=O)[C@@]1(CC)OC)N(C)C2. The lowest BCUT2D eigenvalue weighted by atomic mass is 9.84. The van der Waals surface area contributed by atoms with Crippen LogP contribution in [-0.2, 0) is 27.2 Å². The number of pyridine rings is 1. The molecule has 32 heavy (non-hydrogen) atoms. The number of cyclic esters (lactones) is 1. The predicted molar refractivity (Wildman–Crippen MR) is 119 cm³/mol.